The summed E-state index contributed by atoms with van der Waals surface area (Å²) in [4.78, 5) is 1.29. The lowest BCUT2D eigenvalue weighted by Gasteiger charge is -2.43. The molecule has 4 nitrogen and oxygen atoms in total. The maximum atomic E-state index is 6.10. The van der Waals surface area contributed by atoms with E-state index in [1.165, 1.54) is 4.90 Å². The first-order valence-electron chi connectivity index (χ1n) is 8.52. The summed E-state index contributed by atoms with van der Waals surface area (Å²) < 4.78 is 16.8. The largest absolute Gasteiger partial charge is 0.497 e. The van der Waals surface area contributed by atoms with Crippen LogP contribution in [0.1, 0.15) is 25.7 Å². The Hall–Kier alpha value is -0.750. The monoisotopic (exact) mass is 337 g/mol. The standard InChI is InChI=1S/C18H27NO3S/c1-20-16-2-4-17(5-3-16)23-13-9-19-15-6-10-22-18(14-15)7-11-21-12-8-18/h2-5,15,19H,6-14H2,1H3/t15-/m0/s1. The molecule has 0 radical (unpaired) electrons. The van der Waals surface area contributed by atoms with Gasteiger partial charge in [0.05, 0.1) is 12.7 Å². The van der Waals surface area contributed by atoms with Crippen LogP contribution in [0.3, 0.4) is 0 Å². The molecule has 0 aromatic heterocycles. The van der Waals surface area contributed by atoms with E-state index in [-0.39, 0.29) is 5.60 Å². The van der Waals surface area contributed by atoms with Gasteiger partial charge in [0.1, 0.15) is 5.75 Å². The van der Waals surface area contributed by atoms with Crippen LogP contribution < -0.4 is 10.1 Å². The van der Waals surface area contributed by atoms with E-state index in [2.05, 4.69) is 17.4 Å². The SMILES string of the molecule is COc1ccc(SCCN[C@H]2CCOC3(CCOCC3)C2)cc1. The predicted octanol–water partition coefficient (Wildman–Crippen LogP) is 3.11. The van der Waals surface area contributed by atoms with Gasteiger partial charge in [0, 0.05) is 43.1 Å². The topological polar surface area (TPSA) is 39.7 Å². The molecule has 1 aromatic rings. The molecule has 1 spiro atoms. The van der Waals surface area contributed by atoms with E-state index in [0.29, 0.717) is 6.04 Å². The van der Waals surface area contributed by atoms with Gasteiger partial charge in [-0.05, 0) is 49.9 Å². The molecule has 5 heteroatoms. The fourth-order valence-electron chi connectivity index (χ4n) is 3.40. The third-order valence-corrected chi connectivity index (χ3v) is 5.77. The van der Waals surface area contributed by atoms with Crippen LogP contribution in [-0.2, 0) is 9.47 Å². The Labute approximate surface area is 143 Å². The Morgan fingerprint density at radius 3 is 2.74 bits per heavy atom. The first-order valence-corrected chi connectivity index (χ1v) is 9.50. The fraction of sp³-hybridized carbons (Fsp3) is 0.667. The third kappa shape index (κ3) is 4.86. The molecule has 1 atom stereocenters. The highest BCUT2D eigenvalue weighted by Gasteiger charge is 2.38. The molecule has 3 rings (SSSR count). The van der Waals surface area contributed by atoms with E-state index >= 15 is 0 Å². The number of benzene rings is 1. The molecule has 2 aliphatic rings. The van der Waals surface area contributed by atoms with Crippen molar-refractivity contribution >= 4 is 11.8 Å². The second kappa shape index (κ2) is 8.38. The molecule has 2 saturated heterocycles. The van der Waals surface area contributed by atoms with Crippen molar-refractivity contribution in [3.05, 3.63) is 24.3 Å². The fourth-order valence-corrected chi connectivity index (χ4v) is 4.18. The van der Waals surface area contributed by atoms with Crippen molar-refractivity contribution in [1.29, 1.82) is 0 Å². The van der Waals surface area contributed by atoms with Crippen molar-refractivity contribution in [3.63, 3.8) is 0 Å². The molecular formula is C18H27NO3S. The molecule has 0 aliphatic carbocycles. The van der Waals surface area contributed by atoms with Gasteiger partial charge in [0.15, 0.2) is 0 Å². The molecule has 1 aromatic carbocycles. The zero-order valence-electron chi connectivity index (χ0n) is 13.9. The number of methoxy groups -OCH3 is 1. The molecule has 128 valence electrons. The number of nitrogens with one attached hydrogen (secondary N) is 1. The van der Waals surface area contributed by atoms with Crippen LogP contribution in [0.2, 0.25) is 0 Å². The van der Waals surface area contributed by atoms with Gasteiger partial charge in [0.2, 0.25) is 0 Å². The lowest BCUT2D eigenvalue weighted by atomic mass is 9.84. The summed E-state index contributed by atoms with van der Waals surface area (Å²) in [6.07, 6.45) is 4.34. The zero-order valence-corrected chi connectivity index (χ0v) is 14.7. The molecule has 0 saturated carbocycles. The highest BCUT2D eigenvalue weighted by Crippen LogP contribution is 2.34. The summed E-state index contributed by atoms with van der Waals surface area (Å²) in [6, 6.07) is 8.86. The first kappa shape index (κ1) is 17.1. The van der Waals surface area contributed by atoms with E-state index in [0.717, 1.165) is 63.6 Å². The van der Waals surface area contributed by atoms with Crippen molar-refractivity contribution in [2.45, 2.75) is 42.2 Å². The Kier molecular flexibility index (Phi) is 6.22. The molecule has 1 N–H and O–H groups in total. The molecule has 23 heavy (non-hydrogen) atoms. The quantitative estimate of drug-likeness (QED) is 0.638. The molecule has 2 heterocycles. The van der Waals surface area contributed by atoms with Crippen LogP contribution in [0.25, 0.3) is 0 Å². The molecule has 0 unspecified atom stereocenters. The summed E-state index contributed by atoms with van der Waals surface area (Å²) >= 11 is 1.89. The predicted molar refractivity (Wildman–Crippen MR) is 93.5 cm³/mol. The highest BCUT2D eigenvalue weighted by atomic mass is 32.2. The van der Waals surface area contributed by atoms with Gasteiger partial charge in [-0.3, -0.25) is 0 Å². The third-order valence-electron chi connectivity index (χ3n) is 4.76. The second-order valence-corrected chi connectivity index (χ2v) is 7.48. The van der Waals surface area contributed by atoms with Gasteiger partial charge in [-0.25, -0.2) is 0 Å². The lowest BCUT2D eigenvalue weighted by Crippen LogP contribution is -2.50. The van der Waals surface area contributed by atoms with Crippen LogP contribution in [-0.4, -0.2) is 50.9 Å². The highest BCUT2D eigenvalue weighted by molar-refractivity contribution is 7.99. The van der Waals surface area contributed by atoms with Crippen molar-refractivity contribution in [3.8, 4) is 5.75 Å². The molecular weight excluding hydrogens is 310 g/mol. The van der Waals surface area contributed by atoms with Gasteiger partial charge in [-0.15, -0.1) is 11.8 Å². The average Bonchev–Trinajstić information content (AvgIpc) is 2.60. The van der Waals surface area contributed by atoms with Crippen molar-refractivity contribution in [2.24, 2.45) is 0 Å². The van der Waals surface area contributed by atoms with Crippen LogP contribution >= 0.6 is 11.8 Å². The Morgan fingerprint density at radius 2 is 2.00 bits per heavy atom. The minimum atomic E-state index is 0.0806. The number of hydrogen-bond acceptors (Lipinski definition) is 5. The molecule has 2 fully saturated rings. The van der Waals surface area contributed by atoms with Crippen LogP contribution in [0.5, 0.6) is 5.75 Å². The number of rotatable bonds is 6. The Bertz CT molecular complexity index is 468. The smallest absolute Gasteiger partial charge is 0.118 e. The van der Waals surface area contributed by atoms with Crippen LogP contribution in [0.15, 0.2) is 29.2 Å². The lowest BCUT2D eigenvalue weighted by molar-refractivity contribution is -0.140. The molecule has 0 bridgehead atoms. The Morgan fingerprint density at radius 1 is 1.22 bits per heavy atom. The van der Waals surface area contributed by atoms with Gasteiger partial charge in [0.25, 0.3) is 0 Å². The van der Waals surface area contributed by atoms with E-state index in [4.69, 9.17) is 14.2 Å². The maximum absolute atomic E-state index is 6.10. The Balaban J connectivity index is 1.38. The van der Waals surface area contributed by atoms with Gasteiger partial charge >= 0.3 is 0 Å². The van der Waals surface area contributed by atoms with Gasteiger partial charge in [-0.1, -0.05) is 0 Å². The number of hydrogen-bond donors (Lipinski definition) is 1. The number of thioether (sulfide) groups is 1. The minimum Gasteiger partial charge on any atom is -0.497 e. The van der Waals surface area contributed by atoms with E-state index < -0.39 is 0 Å². The minimum absolute atomic E-state index is 0.0806. The summed E-state index contributed by atoms with van der Waals surface area (Å²) in [6.45, 7) is 3.61. The summed E-state index contributed by atoms with van der Waals surface area (Å²) in [5, 5.41) is 3.72. The average molecular weight is 337 g/mol. The summed E-state index contributed by atoms with van der Waals surface area (Å²) in [5.41, 5.74) is 0.0806. The maximum Gasteiger partial charge on any atom is 0.118 e. The van der Waals surface area contributed by atoms with E-state index in [1.807, 2.05) is 23.9 Å². The van der Waals surface area contributed by atoms with Crippen LogP contribution in [0, 0.1) is 0 Å². The van der Waals surface area contributed by atoms with E-state index in [1.54, 1.807) is 7.11 Å². The van der Waals surface area contributed by atoms with Gasteiger partial charge < -0.3 is 19.5 Å². The van der Waals surface area contributed by atoms with Crippen molar-refractivity contribution in [2.75, 3.05) is 39.2 Å². The van der Waals surface area contributed by atoms with E-state index in [9.17, 15) is 0 Å². The number of ether oxygens (including phenoxy) is 3. The normalized spacial score (nSPS) is 23.8. The first-order chi connectivity index (χ1) is 11.3. The van der Waals surface area contributed by atoms with Crippen molar-refractivity contribution < 1.29 is 14.2 Å². The van der Waals surface area contributed by atoms with Crippen molar-refractivity contribution in [1.82, 2.24) is 5.32 Å². The van der Waals surface area contributed by atoms with Crippen LogP contribution in [0.4, 0.5) is 0 Å². The molecule has 0 amide bonds. The zero-order chi connectivity index (χ0) is 16.0. The summed E-state index contributed by atoms with van der Waals surface area (Å²) in [7, 11) is 1.70. The summed E-state index contributed by atoms with van der Waals surface area (Å²) in [5.74, 6) is 2.00. The molecule has 2 aliphatic heterocycles. The second-order valence-electron chi connectivity index (χ2n) is 6.31. The van der Waals surface area contributed by atoms with Gasteiger partial charge in [-0.2, -0.15) is 0 Å².